The number of aryl methyl sites for hydroxylation is 1. The van der Waals surface area contributed by atoms with E-state index in [-0.39, 0.29) is 19.4 Å². The number of aromatic nitrogens is 3. The van der Waals surface area contributed by atoms with Crippen molar-refractivity contribution in [2.75, 3.05) is 32.7 Å². The van der Waals surface area contributed by atoms with Gasteiger partial charge in [0.05, 0.1) is 13.1 Å². The average molecular weight is 521 g/mol. The first-order valence-electron chi connectivity index (χ1n) is 11.1. The zero-order valence-corrected chi connectivity index (χ0v) is 19.8. The molecule has 1 N–H and O–H groups in total. The van der Waals surface area contributed by atoms with Crippen LogP contribution < -0.4 is 5.32 Å². The standard InChI is InChI=1S/C21H25F5N6O2S/c1-30-12-17(28-29-30)35(34)32-8-6-31(7-9-32)20(2-4-21(25,26)5-3-20)13-27-19(33)18-15(23)10-14(22)11-16(18)24/h10-12H,2-9,13H2,1H3,(H,27,33). The highest BCUT2D eigenvalue weighted by Crippen LogP contribution is 2.42. The Bertz CT molecular complexity index is 1050. The highest BCUT2D eigenvalue weighted by molar-refractivity contribution is 7.89. The Balaban J connectivity index is 1.46. The Kier molecular flexibility index (Phi) is 7.36. The minimum atomic E-state index is -2.84. The molecule has 1 aliphatic carbocycles. The lowest BCUT2D eigenvalue weighted by atomic mass is 9.78. The number of benzene rings is 1. The molecule has 35 heavy (non-hydrogen) atoms. The van der Waals surface area contributed by atoms with E-state index in [1.54, 1.807) is 17.5 Å². The Morgan fingerprint density at radius 2 is 1.69 bits per heavy atom. The van der Waals surface area contributed by atoms with Crippen LogP contribution in [0, 0.1) is 17.5 Å². The molecule has 14 heteroatoms. The number of piperazine rings is 1. The van der Waals surface area contributed by atoms with Crippen molar-refractivity contribution in [1.82, 2.24) is 29.5 Å². The number of carbonyl (C=O) groups excluding carboxylic acids is 1. The summed E-state index contributed by atoms with van der Waals surface area (Å²) in [6, 6.07) is 0.816. The summed E-state index contributed by atoms with van der Waals surface area (Å²) in [4.78, 5) is 14.5. The number of alkyl halides is 2. The summed E-state index contributed by atoms with van der Waals surface area (Å²) in [6.45, 7) is 1.36. The fourth-order valence-electron chi connectivity index (χ4n) is 4.64. The summed E-state index contributed by atoms with van der Waals surface area (Å²) in [5.74, 6) is -7.76. The summed E-state index contributed by atoms with van der Waals surface area (Å²) < 4.78 is 85.2. The molecule has 1 aliphatic heterocycles. The molecule has 8 nitrogen and oxygen atoms in total. The molecule has 2 heterocycles. The Hall–Kier alpha value is -2.29. The lowest BCUT2D eigenvalue weighted by molar-refractivity contribution is -0.0856. The largest absolute Gasteiger partial charge is 0.591 e. The van der Waals surface area contributed by atoms with Crippen LogP contribution >= 0.6 is 0 Å². The first-order chi connectivity index (χ1) is 16.5. The molecule has 2 aliphatic rings. The van der Waals surface area contributed by atoms with Crippen molar-refractivity contribution >= 4 is 17.3 Å². The van der Waals surface area contributed by atoms with Gasteiger partial charge in [-0.1, -0.05) is 10.3 Å². The third kappa shape index (κ3) is 5.60. The predicted octanol–water partition coefficient (Wildman–Crippen LogP) is 2.25. The molecular formula is C21H25F5N6O2S. The summed E-state index contributed by atoms with van der Waals surface area (Å²) in [5, 5.41) is 10.4. The molecule has 1 aromatic carbocycles. The van der Waals surface area contributed by atoms with Crippen LogP contribution in [0.4, 0.5) is 22.0 Å². The zero-order valence-electron chi connectivity index (χ0n) is 18.9. The first-order valence-corrected chi connectivity index (χ1v) is 12.2. The molecule has 2 aromatic rings. The normalized spacial score (nSPS) is 21.6. The van der Waals surface area contributed by atoms with Gasteiger partial charge in [0.25, 0.3) is 5.91 Å². The van der Waals surface area contributed by atoms with E-state index in [9.17, 15) is 31.3 Å². The minimum absolute atomic E-state index is 0.0575. The van der Waals surface area contributed by atoms with E-state index in [1.807, 2.05) is 4.90 Å². The molecule has 192 valence electrons. The number of carbonyl (C=O) groups is 1. The van der Waals surface area contributed by atoms with Crippen molar-refractivity contribution in [3.05, 3.63) is 41.3 Å². The Labute approximate surface area is 201 Å². The summed E-state index contributed by atoms with van der Waals surface area (Å²) in [6.07, 6.45) is 0.877. The van der Waals surface area contributed by atoms with Crippen LogP contribution in [-0.2, 0) is 18.4 Å². The van der Waals surface area contributed by atoms with E-state index < -0.39 is 64.6 Å². The van der Waals surface area contributed by atoms with Gasteiger partial charge in [-0.3, -0.25) is 14.4 Å². The van der Waals surface area contributed by atoms with Gasteiger partial charge < -0.3 is 9.87 Å². The molecule has 1 saturated carbocycles. The van der Waals surface area contributed by atoms with E-state index in [4.69, 9.17) is 0 Å². The highest BCUT2D eigenvalue weighted by atomic mass is 32.2. The number of halogens is 5. The molecule has 1 unspecified atom stereocenters. The fraction of sp³-hybridized carbons (Fsp3) is 0.571. The van der Waals surface area contributed by atoms with E-state index in [1.165, 1.54) is 4.68 Å². The maximum absolute atomic E-state index is 14.0. The molecule has 1 aromatic heterocycles. The Morgan fingerprint density at radius 1 is 1.09 bits per heavy atom. The van der Waals surface area contributed by atoms with Crippen LogP contribution in [0.3, 0.4) is 0 Å². The van der Waals surface area contributed by atoms with Crippen molar-refractivity contribution in [2.45, 2.75) is 42.2 Å². The highest BCUT2D eigenvalue weighted by Gasteiger charge is 2.48. The van der Waals surface area contributed by atoms with E-state index in [0.717, 1.165) is 0 Å². The summed E-state index contributed by atoms with van der Waals surface area (Å²) in [5.41, 5.74) is -1.79. The fourth-order valence-corrected chi connectivity index (χ4v) is 5.75. The van der Waals surface area contributed by atoms with Crippen molar-refractivity contribution in [1.29, 1.82) is 0 Å². The average Bonchev–Trinajstić information content (AvgIpc) is 3.24. The summed E-state index contributed by atoms with van der Waals surface area (Å²) >= 11 is -1.53. The third-order valence-corrected chi connectivity index (χ3v) is 8.01. The van der Waals surface area contributed by atoms with Gasteiger partial charge in [-0.05, 0) is 12.8 Å². The van der Waals surface area contributed by atoms with Crippen LogP contribution in [0.5, 0.6) is 0 Å². The molecular weight excluding hydrogens is 495 g/mol. The number of hydrogen-bond acceptors (Lipinski definition) is 6. The van der Waals surface area contributed by atoms with Crippen LogP contribution in [0.25, 0.3) is 0 Å². The number of nitrogens with one attached hydrogen (secondary N) is 1. The Morgan fingerprint density at radius 3 is 2.23 bits per heavy atom. The van der Waals surface area contributed by atoms with E-state index >= 15 is 0 Å². The lowest BCUT2D eigenvalue weighted by Gasteiger charge is -2.50. The molecule has 1 saturated heterocycles. The molecule has 1 amide bonds. The minimum Gasteiger partial charge on any atom is -0.591 e. The maximum Gasteiger partial charge on any atom is 0.304 e. The van der Waals surface area contributed by atoms with Gasteiger partial charge in [0.1, 0.15) is 40.6 Å². The molecule has 0 radical (unpaired) electrons. The van der Waals surface area contributed by atoms with Crippen LogP contribution in [0.2, 0.25) is 0 Å². The van der Waals surface area contributed by atoms with Gasteiger partial charge in [0, 0.05) is 57.2 Å². The van der Waals surface area contributed by atoms with Gasteiger partial charge >= 0.3 is 5.03 Å². The maximum atomic E-state index is 14.0. The van der Waals surface area contributed by atoms with E-state index in [0.29, 0.717) is 43.3 Å². The SMILES string of the molecule is Cn1cc([S+]([O-])N2CCN(C3(CNC(=O)c4c(F)cc(F)cc4F)CCC(F)(F)CC3)CC2)nn1. The van der Waals surface area contributed by atoms with Gasteiger partial charge in [-0.2, -0.15) is 0 Å². The van der Waals surface area contributed by atoms with E-state index in [2.05, 4.69) is 15.6 Å². The smallest absolute Gasteiger partial charge is 0.304 e. The second kappa shape index (κ2) is 9.99. The molecule has 0 bridgehead atoms. The molecule has 1 atom stereocenters. The number of amides is 1. The van der Waals surface area contributed by atoms with Crippen molar-refractivity contribution in [3.63, 3.8) is 0 Å². The molecule has 0 spiro atoms. The second-order valence-corrected chi connectivity index (χ2v) is 10.3. The van der Waals surface area contributed by atoms with Crippen LogP contribution in [0.15, 0.2) is 23.4 Å². The van der Waals surface area contributed by atoms with Crippen LogP contribution in [0.1, 0.15) is 36.0 Å². The third-order valence-electron chi connectivity index (χ3n) is 6.63. The monoisotopic (exact) mass is 520 g/mol. The van der Waals surface area contributed by atoms with Gasteiger partial charge in [-0.25, -0.2) is 22.0 Å². The predicted molar refractivity (Wildman–Crippen MR) is 115 cm³/mol. The quantitative estimate of drug-likeness (QED) is 0.465. The first kappa shape index (κ1) is 25.8. The van der Waals surface area contributed by atoms with Gasteiger partial charge in [0.2, 0.25) is 5.92 Å². The molecule has 4 rings (SSSR count). The van der Waals surface area contributed by atoms with Crippen molar-refractivity contribution < 1.29 is 31.3 Å². The molecule has 2 fully saturated rings. The number of hydrogen-bond donors (Lipinski definition) is 1. The van der Waals surface area contributed by atoms with Crippen molar-refractivity contribution in [3.8, 4) is 0 Å². The zero-order chi connectivity index (χ0) is 25.4. The van der Waals surface area contributed by atoms with Gasteiger partial charge in [-0.15, -0.1) is 4.31 Å². The number of rotatable bonds is 6. The number of nitrogens with zero attached hydrogens (tertiary/aromatic N) is 5. The topological polar surface area (TPSA) is 89.4 Å². The summed E-state index contributed by atoms with van der Waals surface area (Å²) in [7, 11) is 1.66. The van der Waals surface area contributed by atoms with Crippen molar-refractivity contribution in [2.24, 2.45) is 7.05 Å². The second-order valence-electron chi connectivity index (χ2n) is 8.90. The van der Waals surface area contributed by atoms with Crippen LogP contribution in [-0.4, -0.2) is 78.8 Å². The van der Waals surface area contributed by atoms with Gasteiger partial charge in [0.15, 0.2) is 0 Å². The lowest BCUT2D eigenvalue weighted by Crippen LogP contribution is -2.63.